The summed E-state index contributed by atoms with van der Waals surface area (Å²) in [6.07, 6.45) is 1.15. The molecule has 2 aromatic rings. The third kappa shape index (κ3) is 4.67. The maximum atomic E-state index is 12.2. The van der Waals surface area contributed by atoms with E-state index >= 15 is 0 Å². The third-order valence-corrected chi connectivity index (χ3v) is 4.99. The Hall–Kier alpha value is -2.19. The second-order valence-electron chi connectivity index (χ2n) is 5.66. The highest BCUT2D eigenvalue weighted by molar-refractivity contribution is 7.10. The molecule has 1 N–H and O–H groups in total. The van der Waals surface area contributed by atoms with Crippen molar-refractivity contribution in [2.75, 3.05) is 18.4 Å². The van der Waals surface area contributed by atoms with Crippen molar-refractivity contribution in [2.45, 2.75) is 19.4 Å². The number of nitrogens with zero attached hydrogens (tertiary/aromatic N) is 3. The topological polar surface area (TPSA) is 84.4 Å². The number of likely N-dealkylation sites (tertiary alicyclic amines) is 1. The van der Waals surface area contributed by atoms with E-state index in [0.29, 0.717) is 36.0 Å². The predicted octanol–water partition coefficient (Wildman–Crippen LogP) is 3.18. The van der Waals surface area contributed by atoms with Crippen LogP contribution in [-0.2, 0) is 16.1 Å². The third-order valence-electron chi connectivity index (χ3n) is 4.00. The summed E-state index contributed by atoms with van der Waals surface area (Å²) in [6.45, 7) is 1.05. The molecule has 1 fully saturated rings. The minimum Gasteiger partial charge on any atom is -0.459 e. The second-order valence-corrected chi connectivity index (χ2v) is 7.01. The molecular formula is C16H17ClN4O3S. The van der Waals surface area contributed by atoms with Gasteiger partial charge in [0.1, 0.15) is 16.6 Å². The summed E-state index contributed by atoms with van der Waals surface area (Å²) in [5, 5.41) is 6.65. The normalized spacial score (nSPS) is 15.0. The van der Waals surface area contributed by atoms with Crippen LogP contribution in [0.5, 0.6) is 0 Å². The molecule has 0 spiro atoms. The van der Waals surface area contributed by atoms with Gasteiger partial charge in [-0.25, -0.2) is 4.79 Å². The molecule has 2 amide bonds. The van der Waals surface area contributed by atoms with Gasteiger partial charge in [0, 0.05) is 30.3 Å². The molecule has 1 aromatic heterocycles. The van der Waals surface area contributed by atoms with Gasteiger partial charge in [-0.05, 0) is 25.0 Å². The van der Waals surface area contributed by atoms with Crippen LogP contribution in [0, 0.1) is 5.92 Å². The number of carbonyl (C=O) groups is 2. The Morgan fingerprint density at radius 3 is 2.64 bits per heavy atom. The molecule has 1 aliphatic rings. The van der Waals surface area contributed by atoms with Gasteiger partial charge in [-0.1, -0.05) is 34.3 Å². The summed E-state index contributed by atoms with van der Waals surface area (Å²) < 4.78 is 9.38. The molecule has 0 bridgehead atoms. The van der Waals surface area contributed by atoms with E-state index in [2.05, 4.69) is 14.9 Å². The number of para-hydroxylation sites is 1. The number of aromatic nitrogens is 2. The molecular weight excluding hydrogens is 364 g/mol. The lowest BCUT2D eigenvalue weighted by Gasteiger charge is -2.30. The van der Waals surface area contributed by atoms with Crippen molar-refractivity contribution >= 4 is 40.8 Å². The van der Waals surface area contributed by atoms with E-state index < -0.39 is 0 Å². The maximum Gasteiger partial charge on any atom is 0.321 e. The van der Waals surface area contributed by atoms with Gasteiger partial charge in [0.15, 0.2) is 0 Å². The molecule has 0 unspecified atom stereocenters. The summed E-state index contributed by atoms with van der Waals surface area (Å²) in [5.41, 5.74) is 1.22. The maximum absolute atomic E-state index is 12.2. The predicted molar refractivity (Wildman–Crippen MR) is 94.5 cm³/mol. The number of amides is 2. The molecule has 0 atom stereocenters. The van der Waals surface area contributed by atoms with Crippen LogP contribution in [0.4, 0.5) is 10.5 Å². The van der Waals surface area contributed by atoms with Crippen molar-refractivity contribution in [1.82, 2.24) is 14.5 Å². The number of rotatable bonds is 4. The first-order valence-corrected chi connectivity index (χ1v) is 9.03. The van der Waals surface area contributed by atoms with Gasteiger partial charge in [-0.3, -0.25) is 4.79 Å². The number of hydrogen-bond acceptors (Lipinski definition) is 6. The first-order valence-electron chi connectivity index (χ1n) is 7.88. The van der Waals surface area contributed by atoms with Gasteiger partial charge >= 0.3 is 12.0 Å². The molecule has 1 aliphatic heterocycles. The number of ether oxygens (including phenoxy) is 1. The minimum atomic E-state index is -0.285. The number of benzene rings is 1. The Kier molecular flexibility index (Phi) is 5.83. The van der Waals surface area contributed by atoms with Crippen LogP contribution in [0.2, 0.25) is 4.34 Å². The van der Waals surface area contributed by atoms with Crippen LogP contribution < -0.4 is 5.32 Å². The van der Waals surface area contributed by atoms with Crippen LogP contribution in [0.25, 0.3) is 0 Å². The number of anilines is 1. The lowest BCUT2D eigenvalue weighted by Crippen LogP contribution is -2.42. The fourth-order valence-electron chi connectivity index (χ4n) is 2.58. The zero-order chi connectivity index (χ0) is 17.6. The van der Waals surface area contributed by atoms with E-state index in [1.807, 2.05) is 30.3 Å². The smallest absolute Gasteiger partial charge is 0.321 e. The lowest BCUT2D eigenvalue weighted by atomic mass is 9.97. The molecule has 3 rings (SSSR count). The SMILES string of the molecule is O=C(OCc1nnsc1Cl)C1CCN(C(=O)Nc2ccccc2)CC1. The number of urea groups is 1. The van der Waals surface area contributed by atoms with E-state index in [-0.39, 0.29) is 24.5 Å². The highest BCUT2D eigenvalue weighted by Crippen LogP contribution is 2.22. The Morgan fingerprint density at radius 2 is 2.00 bits per heavy atom. The van der Waals surface area contributed by atoms with Gasteiger partial charge in [-0.2, -0.15) is 0 Å². The van der Waals surface area contributed by atoms with Gasteiger partial charge < -0.3 is 15.0 Å². The van der Waals surface area contributed by atoms with E-state index in [0.717, 1.165) is 17.2 Å². The number of carbonyl (C=O) groups excluding carboxylic acids is 2. The fourth-order valence-corrected chi connectivity index (χ4v) is 3.18. The first-order chi connectivity index (χ1) is 12.1. The summed E-state index contributed by atoms with van der Waals surface area (Å²) in [6, 6.07) is 9.13. The van der Waals surface area contributed by atoms with Crippen molar-refractivity contribution in [3.05, 3.63) is 40.4 Å². The fraction of sp³-hybridized carbons (Fsp3) is 0.375. The van der Waals surface area contributed by atoms with Crippen LogP contribution in [0.15, 0.2) is 30.3 Å². The van der Waals surface area contributed by atoms with Crippen molar-refractivity contribution in [3.8, 4) is 0 Å². The first kappa shape index (κ1) is 17.6. The Labute approximate surface area is 154 Å². The molecule has 9 heteroatoms. The van der Waals surface area contributed by atoms with Crippen LogP contribution in [0.3, 0.4) is 0 Å². The van der Waals surface area contributed by atoms with E-state index in [1.54, 1.807) is 4.90 Å². The number of halogens is 1. The van der Waals surface area contributed by atoms with Crippen molar-refractivity contribution in [3.63, 3.8) is 0 Å². The second kappa shape index (κ2) is 8.26. The Balaban J connectivity index is 1.44. The van der Waals surface area contributed by atoms with Crippen molar-refractivity contribution in [1.29, 1.82) is 0 Å². The molecule has 7 nitrogen and oxygen atoms in total. The number of piperidine rings is 1. The molecule has 0 radical (unpaired) electrons. The average Bonchev–Trinajstić information content (AvgIpc) is 3.05. The summed E-state index contributed by atoms with van der Waals surface area (Å²) >= 11 is 6.94. The molecule has 0 aliphatic carbocycles. The summed E-state index contributed by atoms with van der Waals surface area (Å²) in [4.78, 5) is 26.1. The van der Waals surface area contributed by atoms with Crippen LogP contribution in [-0.4, -0.2) is 39.6 Å². The van der Waals surface area contributed by atoms with E-state index in [4.69, 9.17) is 16.3 Å². The molecule has 0 saturated carbocycles. The van der Waals surface area contributed by atoms with Gasteiger partial charge in [0.25, 0.3) is 0 Å². The van der Waals surface area contributed by atoms with E-state index in [9.17, 15) is 9.59 Å². The molecule has 132 valence electrons. The Morgan fingerprint density at radius 1 is 1.28 bits per heavy atom. The summed E-state index contributed by atoms with van der Waals surface area (Å²) in [5.74, 6) is -0.502. The largest absolute Gasteiger partial charge is 0.459 e. The van der Waals surface area contributed by atoms with Crippen LogP contribution in [0.1, 0.15) is 18.5 Å². The zero-order valence-corrected chi connectivity index (χ0v) is 14.9. The van der Waals surface area contributed by atoms with Gasteiger partial charge in [0.05, 0.1) is 5.92 Å². The minimum absolute atomic E-state index is 0.0306. The Bertz CT molecular complexity index is 732. The quantitative estimate of drug-likeness (QED) is 0.823. The lowest BCUT2D eigenvalue weighted by molar-refractivity contribution is -0.151. The van der Waals surface area contributed by atoms with Gasteiger partial charge in [0.2, 0.25) is 0 Å². The number of nitrogens with one attached hydrogen (secondary N) is 1. The molecule has 1 aromatic carbocycles. The van der Waals surface area contributed by atoms with Crippen molar-refractivity contribution < 1.29 is 14.3 Å². The highest BCUT2D eigenvalue weighted by atomic mass is 35.5. The molecule has 1 saturated heterocycles. The monoisotopic (exact) mass is 380 g/mol. The van der Waals surface area contributed by atoms with Crippen molar-refractivity contribution in [2.24, 2.45) is 5.92 Å². The highest BCUT2D eigenvalue weighted by Gasteiger charge is 2.28. The van der Waals surface area contributed by atoms with Gasteiger partial charge in [-0.15, -0.1) is 5.10 Å². The standard InChI is InChI=1S/C16H17ClN4O3S/c17-14-13(19-20-25-14)10-24-15(22)11-6-8-21(9-7-11)16(23)18-12-4-2-1-3-5-12/h1-5,11H,6-10H2,(H,18,23). The van der Waals surface area contributed by atoms with Crippen LogP contribution >= 0.6 is 23.1 Å². The molecule has 25 heavy (non-hydrogen) atoms. The molecule has 2 heterocycles. The summed E-state index contributed by atoms with van der Waals surface area (Å²) in [7, 11) is 0. The average molecular weight is 381 g/mol. The number of esters is 1. The van der Waals surface area contributed by atoms with E-state index in [1.165, 1.54) is 0 Å². The zero-order valence-electron chi connectivity index (χ0n) is 13.4. The number of hydrogen-bond donors (Lipinski definition) is 1.